The molecule has 2 rings (SSSR count). The van der Waals surface area contributed by atoms with Crippen LogP contribution in [0.2, 0.25) is 0 Å². The predicted octanol–water partition coefficient (Wildman–Crippen LogP) is 3.67. The van der Waals surface area contributed by atoms with E-state index in [9.17, 15) is 4.79 Å². The molecule has 1 aromatic heterocycles. The lowest BCUT2D eigenvalue weighted by Crippen LogP contribution is -2.14. The fourth-order valence-electron chi connectivity index (χ4n) is 1.80. The Morgan fingerprint density at radius 1 is 1.47 bits per heavy atom. The summed E-state index contributed by atoms with van der Waals surface area (Å²) in [7, 11) is 0. The first-order valence-corrected chi connectivity index (χ1v) is 6.96. The number of Topliss-reactive ketones (excluding diaryl/α,β-unsaturated/α-hetero) is 1. The van der Waals surface area contributed by atoms with Gasteiger partial charge in [-0.1, -0.05) is 12.1 Å². The van der Waals surface area contributed by atoms with Crippen LogP contribution in [0.1, 0.15) is 18.4 Å². The third kappa shape index (κ3) is 3.05. The second-order valence-electron chi connectivity index (χ2n) is 4.06. The summed E-state index contributed by atoms with van der Waals surface area (Å²) in [6, 6.07) is 8.04. The first kappa shape index (κ1) is 12.5. The Morgan fingerprint density at radius 2 is 2.24 bits per heavy atom. The second kappa shape index (κ2) is 5.61. The highest BCUT2D eigenvalue weighted by Crippen LogP contribution is 2.24. The summed E-state index contributed by atoms with van der Waals surface area (Å²) >= 11 is 7.38. The molecule has 1 unspecified atom stereocenters. The lowest BCUT2D eigenvalue weighted by molar-refractivity contribution is -0.120. The zero-order chi connectivity index (χ0) is 12.3. The summed E-state index contributed by atoms with van der Waals surface area (Å²) in [6.07, 6.45) is 1.44. The van der Waals surface area contributed by atoms with E-state index in [0.717, 1.165) is 16.9 Å². The van der Waals surface area contributed by atoms with Gasteiger partial charge in [-0.3, -0.25) is 4.79 Å². The van der Waals surface area contributed by atoms with E-state index in [1.807, 2.05) is 18.2 Å². The smallest absolute Gasteiger partial charge is 0.133 e. The highest BCUT2D eigenvalue weighted by Gasteiger charge is 2.16. The molecule has 0 radical (unpaired) electrons. The van der Waals surface area contributed by atoms with Gasteiger partial charge in [0.2, 0.25) is 0 Å². The molecule has 0 spiro atoms. The van der Waals surface area contributed by atoms with Crippen molar-refractivity contribution in [2.45, 2.75) is 19.8 Å². The van der Waals surface area contributed by atoms with E-state index in [1.165, 1.54) is 4.70 Å². The molecule has 0 amide bonds. The topological polar surface area (TPSA) is 30.0 Å². The first-order valence-electron chi connectivity index (χ1n) is 5.61. The maximum Gasteiger partial charge on any atom is 0.133 e. The van der Waals surface area contributed by atoms with Gasteiger partial charge in [-0.05, 0) is 25.5 Å². The predicted molar refractivity (Wildman–Crippen MR) is 72.8 cm³/mol. The van der Waals surface area contributed by atoms with Gasteiger partial charge < -0.3 is 0 Å². The SMILES string of the molecule is CC(=O)C(CCCl)Cc1nc2ccccc2s1. The molecule has 0 saturated heterocycles. The van der Waals surface area contributed by atoms with E-state index in [-0.39, 0.29) is 11.7 Å². The third-order valence-corrected chi connectivity index (χ3v) is 4.07. The molecular weight excluding hydrogens is 254 g/mol. The van der Waals surface area contributed by atoms with Crippen molar-refractivity contribution < 1.29 is 4.79 Å². The van der Waals surface area contributed by atoms with E-state index in [1.54, 1.807) is 18.3 Å². The number of hydrogen-bond acceptors (Lipinski definition) is 3. The lowest BCUT2D eigenvalue weighted by atomic mass is 9.99. The Hall–Kier alpha value is -0.930. The number of thiazole rings is 1. The van der Waals surface area contributed by atoms with Crippen molar-refractivity contribution in [1.82, 2.24) is 4.98 Å². The molecule has 0 aliphatic heterocycles. The molecule has 2 aromatic rings. The van der Waals surface area contributed by atoms with Crippen LogP contribution < -0.4 is 0 Å². The van der Waals surface area contributed by atoms with Gasteiger partial charge in [-0.25, -0.2) is 4.98 Å². The molecule has 0 aliphatic carbocycles. The Labute approximate surface area is 110 Å². The Bertz CT molecular complexity index is 490. The number of halogens is 1. The standard InChI is InChI=1S/C13H14ClNOS/c1-9(16)10(6-7-14)8-13-15-11-4-2-3-5-12(11)17-13/h2-5,10H,6-8H2,1H3. The average Bonchev–Trinajstić information content (AvgIpc) is 2.70. The average molecular weight is 268 g/mol. The minimum absolute atomic E-state index is 0.00747. The normalized spacial score (nSPS) is 12.8. The molecular formula is C13H14ClNOS. The fourth-order valence-corrected chi connectivity index (χ4v) is 3.11. The summed E-state index contributed by atoms with van der Waals surface area (Å²) in [4.78, 5) is 16.0. The van der Waals surface area contributed by atoms with Gasteiger partial charge in [0.25, 0.3) is 0 Å². The minimum atomic E-state index is 0.00747. The van der Waals surface area contributed by atoms with E-state index < -0.39 is 0 Å². The number of aromatic nitrogens is 1. The van der Waals surface area contributed by atoms with E-state index >= 15 is 0 Å². The van der Waals surface area contributed by atoms with E-state index in [4.69, 9.17) is 11.6 Å². The summed E-state index contributed by atoms with van der Waals surface area (Å²) in [6.45, 7) is 1.63. The van der Waals surface area contributed by atoms with Crippen LogP contribution in [0.15, 0.2) is 24.3 Å². The van der Waals surface area contributed by atoms with Gasteiger partial charge in [0, 0.05) is 18.2 Å². The van der Waals surface area contributed by atoms with Gasteiger partial charge in [-0.2, -0.15) is 0 Å². The monoisotopic (exact) mass is 267 g/mol. The number of ketones is 1. The summed E-state index contributed by atoms with van der Waals surface area (Å²) in [5.41, 5.74) is 1.01. The van der Waals surface area contributed by atoms with Gasteiger partial charge >= 0.3 is 0 Å². The van der Waals surface area contributed by atoms with Crippen molar-refractivity contribution in [3.05, 3.63) is 29.3 Å². The first-order chi connectivity index (χ1) is 8.20. The minimum Gasteiger partial charge on any atom is -0.300 e. The zero-order valence-corrected chi connectivity index (χ0v) is 11.2. The lowest BCUT2D eigenvalue weighted by Gasteiger charge is -2.09. The van der Waals surface area contributed by atoms with Crippen LogP contribution >= 0.6 is 22.9 Å². The largest absolute Gasteiger partial charge is 0.300 e. The van der Waals surface area contributed by atoms with Gasteiger partial charge in [0.15, 0.2) is 0 Å². The number of carbonyl (C=O) groups is 1. The van der Waals surface area contributed by atoms with Gasteiger partial charge in [-0.15, -0.1) is 22.9 Å². The second-order valence-corrected chi connectivity index (χ2v) is 5.56. The van der Waals surface area contributed by atoms with Crippen LogP contribution in [0, 0.1) is 5.92 Å². The number of hydrogen-bond donors (Lipinski definition) is 0. The molecule has 17 heavy (non-hydrogen) atoms. The molecule has 2 nitrogen and oxygen atoms in total. The molecule has 0 fully saturated rings. The summed E-state index contributed by atoms with van der Waals surface area (Å²) in [5, 5.41) is 1.02. The van der Waals surface area contributed by atoms with E-state index in [0.29, 0.717) is 12.3 Å². The molecule has 1 atom stereocenters. The van der Waals surface area contributed by atoms with Crippen LogP contribution in [0.3, 0.4) is 0 Å². The number of nitrogens with zero attached hydrogens (tertiary/aromatic N) is 1. The van der Waals surface area contributed by atoms with Crippen LogP contribution in [-0.2, 0) is 11.2 Å². The molecule has 90 valence electrons. The Kier molecular flexibility index (Phi) is 4.13. The van der Waals surface area contributed by atoms with Crippen LogP contribution in [-0.4, -0.2) is 16.6 Å². The maximum absolute atomic E-state index is 11.5. The highest BCUT2D eigenvalue weighted by molar-refractivity contribution is 7.18. The maximum atomic E-state index is 11.5. The van der Waals surface area contributed by atoms with Crippen molar-refractivity contribution in [3.63, 3.8) is 0 Å². The number of benzene rings is 1. The van der Waals surface area contributed by atoms with Crippen LogP contribution in [0.4, 0.5) is 0 Å². The zero-order valence-electron chi connectivity index (χ0n) is 9.65. The third-order valence-electron chi connectivity index (χ3n) is 2.79. The molecule has 0 aliphatic rings. The van der Waals surface area contributed by atoms with Crippen LogP contribution in [0.5, 0.6) is 0 Å². The molecule has 0 bridgehead atoms. The molecule has 1 heterocycles. The van der Waals surface area contributed by atoms with E-state index in [2.05, 4.69) is 11.1 Å². The number of fused-ring (bicyclic) bond motifs is 1. The van der Waals surface area contributed by atoms with Crippen LogP contribution in [0.25, 0.3) is 10.2 Å². The Morgan fingerprint density at radius 3 is 2.88 bits per heavy atom. The molecule has 1 aromatic carbocycles. The fraction of sp³-hybridized carbons (Fsp3) is 0.385. The van der Waals surface area contributed by atoms with Crippen molar-refractivity contribution in [2.24, 2.45) is 5.92 Å². The van der Waals surface area contributed by atoms with Crippen molar-refractivity contribution in [1.29, 1.82) is 0 Å². The Balaban J connectivity index is 2.19. The number of para-hydroxylation sites is 1. The van der Waals surface area contributed by atoms with Gasteiger partial charge in [0.05, 0.1) is 15.2 Å². The molecule has 0 saturated carbocycles. The number of carbonyl (C=O) groups excluding carboxylic acids is 1. The highest BCUT2D eigenvalue weighted by atomic mass is 35.5. The summed E-state index contributed by atoms with van der Waals surface area (Å²) in [5.74, 6) is 0.729. The molecule has 0 N–H and O–H groups in total. The molecule has 4 heteroatoms. The number of alkyl halides is 1. The van der Waals surface area contributed by atoms with Crippen molar-refractivity contribution >= 4 is 38.9 Å². The van der Waals surface area contributed by atoms with Crippen molar-refractivity contribution in [2.75, 3.05) is 5.88 Å². The summed E-state index contributed by atoms with van der Waals surface area (Å²) < 4.78 is 1.18. The van der Waals surface area contributed by atoms with Gasteiger partial charge in [0.1, 0.15) is 5.78 Å². The quantitative estimate of drug-likeness (QED) is 0.774. The van der Waals surface area contributed by atoms with Crippen molar-refractivity contribution in [3.8, 4) is 0 Å². The number of rotatable bonds is 5.